The van der Waals surface area contributed by atoms with Gasteiger partial charge in [0.25, 0.3) is 0 Å². The minimum absolute atomic E-state index is 0.0506. The van der Waals surface area contributed by atoms with Crippen molar-refractivity contribution in [3.8, 4) is 0 Å². The highest BCUT2D eigenvalue weighted by Gasteiger charge is 2.26. The van der Waals surface area contributed by atoms with Gasteiger partial charge in [0.05, 0.1) is 18.3 Å². The number of imidazole rings is 1. The zero-order valence-electron chi connectivity index (χ0n) is 9.39. The molecule has 0 saturated heterocycles. The van der Waals surface area contributed by atoms with Crippen molar-refractivity contribution in [2.24, 2.45) is 5.92 Å². The van der Waals surface area contributed by atoms with Crippen LogP contribution in [-0.2, 0) is 4.79 Å². The van der Waals surface area contributed by atoms with Crippen molar-refractivity contribution in [1.82, 2.24) is 19.5 Å². The number of allylic oxidation sites excluding steroid dienone is 1. The highest BCUT2D eigenvalue weighted by atomic mass is 16.4. The molecule has 2 heterocycles. The summed E-state index contributed by atoms with van der Waals surface area (Å²) in [5.74, 6) is -0.936. The first-order valence-corrected chi connectivity index (χ1v) is 5.51. The Kier molecular flexibility index (Phi) is 2.26. The van der Waals surface area contributed by atoms with Gasteiger partial charge in [-0.3, -0.25) is 4.79 Å². The molecule has 3 N–H and O–H groups in total. The van der Waals surface area contributed by atoms with E-state index in [1.807, 2.05) is 10.6 Å². The van der Waals surface area contributed by atoms with Crippen LogP contribution in [0.25, 0.3) is 11.2 Å². The fourth-order valence-corrected chi connectivity index (χ4v) is 2.18. The van der Waals surface area contributed by atoms with Crippen molar-refractivity contribution >= 4 is 23.0 Å². The van der Waals surface area contributed by atoms with Crippen LogP contribution in [0.2, 0.25) is 0 Å². The molecule has 0 aliphatic heterocycles. The van der Waals surface area contributed by atoms with Gasteiger partial charge in [0.1, 0.15) is 11.8 Å². The molecule has 3 rings (SSSR count). The molecule has 0 spiro atoms. The largest absolute Gasteiger partial charge is 0.481 e. The Balaban J connectivity index is 2.00. The van der Waals surface area contributed by atoms with E-state index in [0.717, 1.165) is 0 Å². The summed E-state index contributed by atoms with van der Waals surface area (Å²) in [6, 6.07) is -0.0506. The Morgan fingerprint density at radius 2 is 2.22 bits per heavy atom. The van der Waals surface area contributed by atoms with Gasteiger partial charge in [0, 0.05) is 0 Å². The van der Waals surface area contributed by atoms with E-state index in [0.29, 0.717) is 23.4 Å². The third kappa shape index (κ3) is 1.52. The maximum Gasteiger partial charge on any atom is 0.310 e. The molecule has 0 saturated carbocycles. The van der Waals surface area contributed by atoms with Crippen LogP contribution in [0.3, 0.4) is 0 Å². The average molecular weight is 245 g/mol. The van der Waals surface area contributed by atoms with Crippen LogP contribution in [0.15, 0.2) is 24.8 Å². The molecule has 92 valence electrons. The predicted molar refractivity (Wildman–Crippen MR) is 63.7 cm³/mol. The third-order valence-electron chi connectivity index (χ3n) is 3.12. The lowest BCUT2D eigenvalue weighted by Gasteiger charge is -2.11. The topological polar surface area (TPSA) is 107 Å². The van der Waals surface area contributed by atoms with E-state index in [4.69, 9.17) is 10.8 Å². The molecule has 0 unspecified atom stereocenters. The third-order valence-corrected chi connectivity index (χ3v) is 3.12. The predicted octanol–water partition coefficient (Wildman–Crippen LogP) is 0.610. The molecule has 7 heteroatoms. The normalized spacial score (nSPS) is 22.7. The van der Waals surface area contributed by atoms with Crippen molar-refractivity contribution in [3.05, 3.63) is 24.8 Å². The fourth-order valence-electron chi connectivity index (χ4n) is 2.18. The molecular weight excluding hydrogens is 234 g/mol. The average Bonchev–Trinajstić information content (AvgIpc) is 2.94. The number of nitrogens with zero attached hydrogens (tertiary/aromatic N) is 4. The number of carboxylic acids is 1. The monoisotopic (exact) mass is 245 g/mol. The molecule has 0 radical (unpaired) electrons. The number of fused-ring (bicyclic) bond motifs is 1. The van der Waals surface area contributed by atoms with E-state index in [2.05, 4.69) is 15.0 Å². The minimum Gasteiger partial charge on any atom is -0.481 e. The quantitative estimate of drug-likeness (QED) is 0.750. The summed E-state index contributed by atoms with van der Waals surface area (Å²) >= 11 is 0. The first-order chi connectivity index (χ1) is 8.66. The van der Waals surface area contributed by atoms with Gasteiger partial charge in [-0.25, -0.2) is 15.0 Å². The second kappa shape index (κ2) is 3.80. The molecule has 1 aliphatic carbocycles. The number of aromatic nitrogens is 4. The Labute approximate surface area is 102 Å². The van der Waals surface area contributed by atoms with Crippen molar-refractivity contribution in [2.45, 2.75) is 12.5 Å². The SMILES string of the molecule is Nc1ncnc2c1ncn2[C@H]1C=C[C@@H](C(=O)O)C1. The van der Waals surface area contributed by atoms with Crippen molar-refractivity contribution in [1.29, 1.82) is 0 Å². The Hall–Kier alpha value is -2.44. The number of carboxylic acid groups (broad SMARTS) is 1. The van der Waals surface area contributed by atoms with Crippen LogP contribution in [0.4, 0.5) is 5.82 Å². The van der Waals surface area contributed by atoms with Gasteiger partial charge in [-0.15, -0.1) is 0 Å². The molecule has 7 nitrogen and oxygen atoms in total. The minimum atomic E-state index is -0.813. The molecule has 2 atom stereocenters. The van der Waals surface area contributed by atoms with Crippen LogP contribution < -0.4 is 5.73 Å². The van der Waals surface area contributed by atoms with E-state index in [1.165, 1.54) is 6.33 Å². The number of anilines is 1. The summed E-state index contributed by atoms with van der Waals surface area (Å²) in [6.45, 7) is 0. The van der Waals surface area contributed by atoms with Crippen molar-refractivity contribution < 1.29 is 9.90 Å². The molecule has 1 aliphatic rings. The molecule has 0 fully saturated rings. The van der Waals surface area contributed by atoms with Gasteiger partial charge < -0.3 is 15.4 Å². The molecule has 18 heavy (non-hydrogen) atoms. The number of hydrogen-bond donors (Lipinski definition) is 2. The molecule has 0 bridgehead atoms. The molecule has 0 aromatic carbocycles. The van der Waals surface area contributed by atoms with Crippen molar-refractivity contribution in [3.63, 3.8) is 0 Å². The number of hydrogen-bond acceptors (Lipinski definition) is 5. The van der Waals surface area contributed by atoms with E-state index >= 15 is 0 Å². The number of nitrogens with two attached hydrogens (primary N) is 1. The summed E-state index contributed by atoms with van der Waals surface area (Å²) in [7, 11) is 0. The second-order valence-corrected chi connectivity index (χ2v) is 4.22. The molecular formula is C11H11N5O2. The molecule has 0 amide bonds. The molecule has 2 aromatic rings. The summed E-state index contributed by atoms with van der Waals surface area (Å²) < 4.78 is 1.83. The number of carbonyl (C=O) groups is 1. The summed E-state index contributed by atoms with van der Waals surface area (Å²) in [5, 5.41) is 8.96. The van der Waals surface area contributed by atoms with Crippen LogP contribution >= 0.6 is 0 Å². The Morgan fingerprint density at radius 1 is 1.39 bits per heavy atom. The zero-order chi connectivity index (χ0) is 12.7. The van der Waals surface area contributed by atoms with Gasteiger partial charge >= 0.3 is 5.97 Å². The van der Waals surface area contributed by atoms with Crippen molar-refractivity contribution in [2.75, 3.05) is 5.73 Å². The second-order valence-electron chi connectivity index (χ2n) is 4.22. The Bertz CT molecular complexity index is 648. The summed E-state index contributed by atoms with van der Waals surface area (Å²) in [5.41, 5.74) is 6.88. The number of aliphatic carboxylic acids is 1. The van der Waals surface area contributed by atoms with Gasteiger partial charge in [0.15, 0.2) is 11.5 Å². The maximum absolute atomic E-state index is 10.9. The zero-order valence-corrected chi connectivity index (χ0v) is 9.39. The van der Waals surface area contributed by atoms with E-state index in [-0.39, 0.29) is 6.04 Å². The van der Waals surface area contributed by atoms with Crippen LogP contribution in [0, 0.1) is 5.92 Å². The summed E-state index contributed by atoms with van der Waals surface area (Å²) in [6.07, 6.45) is 7.06. The lowest BCUT2D eigenvalue weighted by Crippen LogP contribution is -2.12. The number of rotatable bonds is 2. The standard InChI is InChI=1S/C11H11N5O2/c12-9-8-10(14-4-13-9)16(5-15-8)7-2-1-6(3-7)11(17)18/h1-2,4-7H,3H2,(H,17,18)(H2,12,13,14)/t6-,7+/m1/s1. The first-order valence-electron chi connectivity index (χ1n) is 5.51. The van der Waals surface area contributed by atoms with E-state index in [9.17, 15) is 4.79 Å². The van der Waals surface area contributed by atoms with Gasteiger partial charge in [-0.2, -0.15) is 0 Å². The van der Waals surface area contributed by atoms with Gasteiger partial charge in [-0.1, -0.05) is 12.2 Å². The highest BCUT2D eigenvalue weighted by Crippen LogP contribution is 2.30. The first kappa shape index (κ1) is 10.7. The van der Waals surface area contributed by atoms with Gasteiger partial charge in [0.2, 0.25) is 0 Å². The van der Waals surface area contributed by atoms with E-state index in [1.54, 1.807) is 12.4 Å². The maximum atomic E-state index is 10.9. The highest BCUT2D eigenvalue weighted by molar-refractivity contribution is 5.81. The smallest absolute Gasteiger partial charge is 0.310 e. The fraction of sp³-hybridized carbons (Fsp3) is 0.273. The van der Waals surface area contributed by atoms with Crippen LogP contribution in [0.1, 0.15) is 12.5 Å². The lowest BCUT2D eigenvalue weighted by molar-refractivity contribution is -0.140. The van der Waals surface area contributed by atoms with E-state index < -0.39 is 11.9 Å². The molecule has 2 aromatic heterocycles. The van der Waals surface area contributed by atoms with Crippen LogP contribution in [0.5, 0.6) is 0 Å². The lowest BCUT2D eigenvalue weighted by atomic mass is 10.1. The van der Waals surface area contributed by atoms with Crippen LogP contribution in [-0.4, -0.2) is 30.6 Å². The summed E-state index contributed by atoms with van der Waals surface area (Å²) in [4.78, 5) is 23.1. The number of nitrogen functional groups attached to an aromatic ring is 1. The van der Waals surface area contributed by atoms with Gasteiger partial charge in [-0.05, 0) is 6.42 Å². The Morgan fingerprint density at radius 3 is 2.94 bits per heavy atom.